The number of aryl methyl sites for hydroxylation is 1. The van der Waals surface area contributed by atoms with Gasteiger partial charge in [-0.25, -0.2) is 0 Å². The lowest BCUT2D eigenvalue weighted by Gasteiger charge is -2.30. The molecule has 2 heterocycles. The van der Waals surface area contributed by atoms with E-state index in [1.165, 1.54) is 12.8 Å². The molecule has 1 aromatic heterocycles. The molecule has 1 amide bonds. The van der Waals surface area contributed by atoms with Crippen LogP contribution in [-0.2, 0) is 5.75 Å². The van der Waals surface area contributed by atoms with Gasteiger partial charge in [0.15, 0.2) is 5.76 Å². The summed E-state index contributed by atoms with van der Waals surface area (Å²) in [6.07, 6.45) is 2.41. The molecule has 0 spiro atoms. The van der Waals surface area contributed by atoms with Crippen molar-refractivity contribution in [2.24, 2.45) is 5.41 Å². The minimum absolute atomic E-state index is 0.122. The summed E-state index contributed by atoms with van der Waals surface area (Å²) in [5.74, 6) is 3.10. The average Bonchev–Trinajstić information content (AvgIpc) is 2.92. The topological polar surface area (TPSA) is 53.7 Å². The van der Waals surface area contributed by atoms with Gasteiger partial charge in [0.2, 0.25) is 0 Å². The molecule has 1 N–H and O–H groups in total. The summed E-state index contributed by atoms with van der Waals surface area (Å²) in [6.45, 7) is 10.8. The summed E-state index contributed by atoms with van der Waals surface area (Å²) in [7, 11) is 0. The molecule has 23 heavy (non-hydrogen) atoms. The van der Waals surface area contributed by atoms with Crippen LogP contribution in [0.25, 0.3) is 0 Å². The Morgan fingerprint density at radius 1 is 1.39 bits per heavy atom. The molecule has 0 saturated carbocycles. The molecule has 130 valence electrons. The largest absolute Gasteiger partial charge is 0.456 e. The monoisotopic (exact) mass is 339 g/mol. The Bertz CT molecular complexity index is 547. The zero-order valence-corrected chi connectivity index (χ0v) is 15.8. The third kappa shape index (κ3) is 3.94. The first-order valence-corrected chi connectivity index (χ1v) is 9.52. The van der Waals surface area contributed by atoms with Crippen molar-refractivity contribution in [1.82, 2.24) is 4.90 Å². The molecule has 0 bridgehead atoms. The van der Waals surface area contributed by atoms with Crippen LogP contribution in [0.5, 0.6) is 0 Å². The molecule has 1 atom stereocenters. The number of carbonyl (C=O) groups excluding carboxylic acids is 1. The molecule has 5 heteroatoms. The number of carbonyl (C=O) groups is 1. The number of thioether (sulfide) groups is 1. The van der Waals surface area contributed by atoms with Crippen molar-refractivity contribution in [3.8, 4) is 0 Å². The molecule has 0 aliphatic carbocycles. The van der Waals surface area contributed by atoms with Crippen molar-refractivity contribution < 1.29 is 14.3 Å². The second-order valence-corrected chi connectivity index (χ2v) is 8.52. The van der Waals surface area contributed by atoms with Crippen LogP contribution < -0.4 is 0 Å². The van der Waals surface area contributed by atoms with Crippen molar-refractivity contribution in [3.05, 3.63) is 23.2 Å². The standard InChI is InChI=1S/C18H29NO3S/c1-6-7-8-23-10-14-9-15(22-13(14)2)16(20)19-11-17(3,4)18(5,21)12-19/h9,21H,6-8,10-12H2,1-5H3. The average molecular weight is 340 g/mol. The second kappa shape index (κ2) is 6.89. The van der Waals surface area contributed by atoms with E-state index in [-0.39, 0.29) is 11.3 Å². The molecular weight excluding hydrogens is 310 g/mol. The third-order valence-corrected chi connectivity index (χ3v) is 6.05. The van der Waals surface area contributed by atoms with Crippen LogP contribution in [0.4, 0.5) is 0 Å². The highest BCUT2D eigenvalue weighted by Gasteiger charge is 2.49. The van der Waals surface area contributed by atoms with E-state index in [0.717, 1.165) is 22.8 Å². The fourth-order valence-electron chi connectivity index (χ4n) is 2.79. The summed E-state index contributed by atoms with van der Waals surface area (Å²) in [5, 5.41) is 10.5. The van der Waals surface area contributed by atoms with Gasteiger partial charge in [0.25, 0.3) is 5.91 Å². The van der Waals surface area contributed by atoms with Crippen molar-refractivity contribution in [3.63, 3.8) is 0 Å². The highest BCUT2D eigenvalue weighted by atomic mass is 32.2. The molecule has 0 aromatic carbocycles. The molecule has 1 aromatic rings. The van der Waals surface area contributed by atoms with Crippen LogP contribution in [-0.4, -0.2) is 40.4 Å². The highest BCUT2D eigenvalue weighted by molar-refractivity contribution is 7.98. The molecule has 0 radical (unpaired) electrons. The van der Waals surface area contributed by atoms with Gasteiger partial charge in [0.1, 0.15) is 5.76 Å². The van der Waals surface area contributed by atoms with Crippen LogP contribution >= 0.6 is 11.8 Å². The minimum Gasteiger partial charge on any atom is -0.456 e. The Balaban J connectivity index is 2.04. The molecule has 4 nitrogen and oxygen atoms in total. The normalized spacial score (nSPS) is 23.5. The number of hydrogen-bond acceptors (Lipinski definition) is 4. The van der Waals surface area contributed by atoms with Gasteiger partial charge in [-0.1, -0.05) is 27.2 Å². The van der Waals surface area contributed by atoms with E-state index < -0.39 is 5.60 Å². The Kier molecular flexibility index (Phi) is 5.52. The molecule has 1 fully saturated rings. The molecule has 2 rings (SSSR count). The maximum atomic E-state index is 12.7. The number of unbranched alkanes of at least 4 members (excludes halogenated alkanes) is 1. The SMILES string of the molecule is CCCCSCc1cc(C(=O)N2CC(C)(C)C(C)(O)C2)oc1C. The van der Waals surface area contributed by atoms with E-state index in [0.29, 0.717) is 18.8 Å². The van der Waals surface area contributed by atoms with E-state index in [9.17, 15) is 9.90 Å². The summed E-state index contributed by atoms with van der Waals surface area (Å²) < 4.78 is 5.70. The van der Waals surface area contributed by atoms with Crippen LogP contribution in [0.15, 0.2) is 10.5 Å². The van der Waals surface area contributed by atoms with Crippen molar-refractivity contribution in [2.75, 3.05) is 18.8 Å². The van der Waals surface area contributed by atoms with Gasteiger partial charge in [0.05, 0.1) is 12.1 Å². The van der Waals surface area contributed by atoms with Gasteiger partial charge < -0.3 is 14.4 Å². The van der Waals surface area contributed by atoms with Gasteiger partial charge in [-0.2, -0.15) is 11.8 Å². The number of amides is 1. The van der Waals surface area contributed by atoms with Crippen LogP contribution in [0.2, 0.25) is 0 Å². The van der Waals surface area contributed by atoms with Crippen LogP contribution in [0.1, 0.15) is 62.4 Å². The zero-order valence-electron chi connectivity index (χ0n) is 14.9. The van der Waals surface area contributed by atoms with Crippen molar-refractivity contribution in [1.29, 1.82) is 0 Å². The van der Waals surface area contributed by atoms with E-state index in [4.69, 9.17) is 4.42 Å². The molecule has 1 aliphatic heterocycles. The number of rotatable bonds is 6. The molecule has 1 aliphatic rings. The summed E-state index contributed by atoms with van der Waals surface area (Å²) in [4.78, 5) is 14.4. The van der Waals surface area contributed by atoms with E-state index in [2.05, 4.69) is 6.92 Å². The quantitative estimate of drug-likeness (QED) is 0.800. The number of aliphatic hydroxyl groups is 1. The Morgan fingerprint density at radius 2 is 2.09 bits per heavy atom. The lowest BCUT2D eigenvalue weighted by atomic mass is 9.79. The first-order valence-electron chi connectivity index (χ1n) is 8.36. The lowest BCUT2D eigenvalue weighted by Crippen LogP contribution is -2.40. The maximum absolute atomic E-state index is 12.7. The van der Waals surface area contributed by atoms with E-state index in [1.54, 1.807) is 11.8 Å². The molecular formula is C18H29NO3S. The van der Waals surface area contributed by atoms with Crippen LogP contribution in [0, 0.1) is 12.3 Å². The number of furan rings is 1. The summed E-state index contributed by atoms with van der Waals surface area (Å²) >= 11 is 1.88. The smallest absolute Gasteiger partial charge is 0.289 e. The minimum atomic E-state index is -0.872. The predicted octanol–water partition coefficient (Wildman–Crippen LogP) is 3.85. The van der Waals surface area contributed by atoms with E-state index >= 15 is 0 Å². The third-order valence-electron chi connectivity index (χ3n) is 4.96. The first-order chi connectivity index (χ1) is 10.7. The zero-order chi connectivity index (χ0) is 17.3. The Labute approximate surface area is 143 Å². The van der Waals surface area contributed by atoms with Gasteiger partial charge in [-0.15, -0.1) is 0 Å². The van der Waals surface area contributed by atoms with Gasteiger partial charge in [0, 0.05) is 23.3 Å². The maximum Gasteiger partial charge on any atom is 0.289 e. The Hall–Kier alpha value is -0.940. The second-order valence-electron chi connectivity index (χ2n) is 7.42. The predicted molar refractivity (Wildman–Crippen MR) is 94.8 cm³/mol. The van der Waals surface area contributed by atoms with Gasteiger partial charge >= 0.3 is 0 Å². The van der Waals surface area contributed by atoms with Crippen molar-refractivity contribution >= 4 is 17.7 Å². The van der Waals surface area contributed by atoms with E-state index in [1.807, 2.05) is 38.6 Å². The number of likely N-dealkylation sites (tertiary alicyclic amines) is 1. The molecule has 1 unspecified atom stereocenters. The van der Waals surface area contributed by atoms with Gasteiger partial charge in [-0.05, 0) is 32.1 Å². The highest BCUT2D eigenvalue weighted by Crippen LogP contribution is 2.39. The molecule has 1 saturated heterocycles. The number of nitrogens with zero attached hydrogens (tertiary/aromatic N) is 1. The fourth-order valence-corrected chi connectivity index (χ4v) is 3.93. The van der Waals surface area contributed by atoms with Crippen molar-refractivity contribution in [2.45, 2.75) is 58.8 Å². The fraction of sp³-hybridized carbons (Fsp3) is 0.722. The number of hydrogen-bond donors (Lipinski definition) is 1. The first kappa shape index (κ1) is 18.4. The lowest BCUT2D eigenvalue weighted by molar-refractivity contribution is -0.0108. The number of β-amino-alcohol motifs (C(OH)–C–C–N with tert-alkyl or cyclic N) is 1. The van der Waals surface area contributed by atoms with Crippen LogP contribution in [0.3, 0.4) is 0 Å². The summed E-state index contributed by atoms with van der Waals surface area (Å²) in [6, 6.07) is 1.87. The Morgan fingerprint density at radius 3 is 2.65 bits per heavy atom. The summed E-state index contributed by atoms with van der Waals surface area (Å²) in [5.41, 5.74) is -0.0913. The van der Waals surface area contributed by atoms with Gasteiger partial charge in [-0.3, -0.25) is 4.79 Å².